The molecule has 35 heavy (non-hydrogen) atoms. The number of hydrogen-bond donors (Lipinski definition) is 2. The summed E-state index contributed by atoms with van der Waals surface area (Å²) in [5, 5.41) is 11.6. The van der Waals surface area contributed by atoms with Crippen LogP contribution in [0.25, 0.3) is 0 Å². The van der Waals surface area contributed by atoms with Crippen molar-refractivity contribution in [1.29, 1.82) is 0 Å². The van der Waals surface area contributed by atoms with E-state index in [9.17, 15) is 24.3 Å². The molecule has 0 aliphatic carbocycles. The van der Waals surface area contributed by atoms with Gasteiger partial charge in [-0.1, -0.05) is 12.1 Å². The van der Waals surface area contributed by atoms with Crippen molar-refractivity contribution in [3.63, 3.8) is 0 Å². The lowest BCUT2D eigenvalue weighted by molar-refractivity contribution is -0.149. The first-order chi connectivity index (χ1) is 16.8. The molecule has 3 heterocycles. The summed E-state index contributed by atoms with van der Waals surface area (Å²) in [7, 11) is 1.53. The summed E-state index contributed by atoms with van der Waals surface area (Å²) in [6.45, 7) is 1.05. The summed E-state index contributed by atoms with van der Waals surface area (Å²) in [5.74, 6) is -1.36. The SMILES string of the molecule is COc1ccccc1OCc1ccc(C(=O)N[C@H]2C(=O)N3C(C(=O)O)=C(COC(C)=O)CS[C@H]23)o1. The number of carbonyl (C=O) groups excluding carboxylic acids is 3. The highest BCUT2D eigenvalue weighted by atomic mass is 32.2. The molecular formula is C23H22N2O9S. The number of aliphatic carboxylic acids is 1. The number of rotatable bonds is 9. The van der Waals surface area contributed by atoms with E-state index in [-0.39, 0.29) is 30.4 Å². The van der Waals surface area contributed by atoms with Crippen molar-refractivity contribution in [3.8, 4) is 11.5 Å². The van der Waals surface area contributed by atoms with Gasteiger partial charge in [0.05, 0.1) is 7.11 Å². The molecule has 1 fully saturated rings. The minimum atomic E-state index is -1.30. The number of β-lactam (4-membered cyclic amide) rings is 1. The Morgan fingerprint density at radius 2 is 1.91 bits per heavy atom. The van der Waals surface area contributed by atoms with Crippen LogP contribution < -0.4 is 14.8 Å². The van der Waals surface area contributed by atoms with Crippen molar-refractivity contribution in [1.82, 2.24) is 10.2 Å². The second-order valence-corrected chi connectivity index (χ2v) is 8.71. The molecule has 2 aromatic rings. The Bertz CT molecular complexity index is 1210. The molecular weight excluding hydrogens is 480 g/mol. The number of carboxylic acids is 1. The van der Waals surface area contributed by atoms with Gasteiger partial charge in [-0.2, -0.15) is 0 Å². The lowest BCUT2D eigenvalue weighted by atomic mass is 10.0. The molecule has 2 N–H and O–H groups in total. The molecule has 0 saturated carbocycles. The number of thioether (sulfide) groups is 1. The summed E-state index contributed by atoms with van der Waals surface area (Å²) in [6.07, 6.45) is 0. The number of methoxy groups -OCH3 is 1. The molecule has 0 bridgehead atoms. The monoisotopic (exact) mass is 502 g/mol. The first-order valence-electron chi connectivity index (χ1n) is 10.5. The van der Waals surface area contributed by atoms with Crippen LogP contribution in [0.5, 0.6) is 11.5 Å². The molecule has 2 atom stereocenters. The van der Waals surface area contributed by atoms with E-state index in [2.05, 4.69) is 5.32 Å². The summed E-state index contributed by atoms with van der Waals surface area (Å²) in [6, 6.07) is 9.23. The van der Waals surface area contributed by atoms with Crippen molar-refractivity contribution in [2.24, 2.45) is 0 Å². The number of fused-ring (bicyclic) bond motifs is 1. The fourth-order valence-electron chi connectivity index (χ4n) is 3.66. The maximum atomic E-state index is 12.7. The first kappa shape index (κ1) is 24.2. The van der Waals surface area contributed by atoms with Gasteiger partial charge in [0.15, 0.2) is 17.3 Å². The zero-order valence-electron chi connectivity index (χ0n) is 18.8. The number of carbonyl (C=O) groups is 4. The molecule has 2 aliphatic rings. The van der Waals surface area contributed by atoms with Gasteiger partial charge in [0, 0.05) is 18.2 Å². The van der Waals surface area contributed by atoms with Gasteiger partial charge in [-0.15, -0.1) is 11.8 Å². The molecule has 2 amide bonds. The summed E-state index contributed by atoms with van der Waals surface area (Å²) >= 11 is 1.27. The molecule has 184 valence electrons. The highest BCUT2D eigenvalue weighted by Gasteiger charge is 2.54. The van der Waals surface area contributed by atoms with Gasteiger partial charge < -0.3 is 29.1 Å². The van der Waals surface area contributed by atoms with Gasteiger partial charge in [-0.05, 0) is 24.3 Å². The molecule has 1 saturated heterocycles. The fraction of sp³-hybridized carbons (Fsp3) is 0.304. The van der Waals surface area contributed by atoms with E-state index in [0.29, 0.717) is 22.8 Å². The minimum Gasteiger partial charge on any atom is -0.493 e. The van der Waals surface area contributed by atoms with Gasteiger partial charge in [0.25, 0.3) is 11.8 Å². The van der Waals surface area contributed by atoms with Crippen LogP contribution in [0.3, 0.4) is 0 Å². The minimum absolute atomic E-state index is 0.0137. The standard InChI is InChI=1S/C23H22N2O9S/c1-12(26)32-9-13-11-35-22-18(21(28)25(22)19(13)23(29)30)24-20(27)17-8-7-14(34-17)10-33-16-6-4-3-5-15(16)31-2/h3-8,18,22H,9-11H2,1-2H3,(H,24,27)(H,29,30)/t18-,22+/m0/s1. The van der Waals surface area contributed by atoms with Gasteiger partial charge in [-0.3, -0.25) is 19.3 Å². The molecule has 0 spiro atoms. The van der Waals surface area contributed by atoms with Gasteiger partial charge in [0.2, 0.25) is 0 Å². The largest absolute Gasteiger partial charge is 0.493 e. The highest BCUT2D eigenvalue weighted by molar-refractivity contribution is 8.00. The third-order valence-corrected chi connectivity index (χ3v) is 6.65. The molecule has 11 nitrogen and oxygen atoms in total. The predicted octanol–water partition coefficient (Wildman–Crippen LogP) is 1.78. The van der Waals surface area contributed by atoms with E-state index in [0.717, 1.165) is 4.90 Å². The van der Waals surface area contributed by atoms with E-state index < -0.39 is 35.2 Å². The Morgan fingerprint density at radius 3 is 2.60 bits per heavy atom. The third-order valence-electron chi connectivity index (χ3n) is 5.31. The molecule has 0 unspecified atom stereocenters. The predicted molar refractivity (Wildman–Crippen MR) is 122 cm³/mol. The van der Waals surface area contributed by atoms with Gasteiger partial charge in [-0.25, -0.2) is 4.79 Å². The van der Waals surface area contributed by atoms with E-state index in [1.54, 1.807) is 24.3 Å². The Balaban J connectivity index is 1.38. The van der Waals surface area contributed by atoms with E-state index in [4.69, 9.17) is 18.6 Å². The normalized spacial score (nSPS) is 18.9. The molecule has 1 aromatic carbocycles. The Labute approximate surface area is 204 Å². The topological polar surface area (TPSA) is 145 Å². The van der Waals surface area contributed by atoms with Crippen molar-refractivity contribution < 1.29 is 42.9 Å². The van der Waals surface area contributed by atoms with Crippen LogP contribution in [0.1, 0.15) is 23.2 Å². The zero-order chi connectivity index (χ0) is 25.1. The average Bonchev–Trinajstić information content (AvgIpc) is 3.33. The molecule has 0 radical (unpaired) electrons. The first-order valence-corrected chi connectivity index (χ1v) is 11.5. The van der Waals surface area contributed by atoms with Crippen LogP contribution >= 0.6 is 11.8 Å². The van der Waals surface area contributed by atoms with Crippen LogP contribution in [0, 0.1) is 0 Å². The quantitative estimate of drug-likeness (QED) is 0.384. The Morgan fingerprint density at radius 1 is 1.17 bits per heavy atom. The zero-order valence-corrected chi connectivity index (χ0v) is 19.6. The molecule has 2 aliphatic heterocycles. The summed E-state index contributed by atoms with van der Waals surface area (Å²) in [5.41, 5.74) is 0.0945. The number of ether oxygens (including phenoxy) is 3. The summed E-state index contributed by atoms with van der Waals surface area (Å²) in [4.78, 5) is 49.4. The van der Waals surface area contributed by atoms with Crippen molar-refractivity contribution >= 4 is 35.5 Å². The second kappa shape index (κ2) is 10.1. The Kier molecular flexibility index (Phi) is 7.01. The van der Waals surface area contributed by atoms with E-state index in [1.165, 1.54) is 31.9 Å². The molecule has 1 aromatic heterocycles. The van der Waals surface area contributed by atoms with Crippen molar-refractivity contribution in [2.75, 3.05) is 19.5 Å². The van der Waals surface area contributed by atoms with E-state index in [1.807, 2.05) is 6.07 Å². The lowest BCUT2D eigenvalue weighted by Gasteiger charge is -2.49. The smallest absolute Gasteiger partial charge is 0.352 e. The third kappa shape index (κ3) is 4.97. The van der Waals surface area contributed by atoms with Crippen LogP contribution in [-0.2, 0) is 25.7 Å². The number of hydrogen-bond acceptors (Lipinski definition) is 9. The molecule has 12 heteroatoms. The number of nitrogens with one attached hydrogen (secondary N) is 1. The molecule has 4 rings (SSSR count). The number of benzene rings is 1. The number of esters is 1. The summed E-state index contributed by atoms with van der Waals surface area (Å²) < 4.78 is 21.4. The number of para-hydroxylation sites is 2. The highest BCUT2D eigenvalue weighted by Crippen LogP contribution is 2.40. The van der Waals surface area contributed by atoms with Crippen LogP contribution in [0.15, 0.2) is 52.1 Å². The number of carboxylic acid groups (broad SMARTS) is 1. The van der Waals surface area contributed by atoms with Crippen LogP contribution in [0.2, 0.25) is 0 Å². The van der Waals surface area contributed by atoms with E-state index >= 15 is 0 Å². The number of furan rings is 1. The van der Waals surface area contributed by atoms with Crippen molar-refractivity contribution in [2.45, 2.75) is 24.9 Å². The van der Waals surface area contributed by atoms with Crippen LogP contribution in [-0.4, -0.2) is 64.6 Å². The lowest BCUT2D eigenvalue weighted by Crippen LogP contribution is -2.70. The van der Waals surface area contributed by atoms with Gasteiger partial charge >= 0.3 is 11.9 Å². The fourth-order valence-corrected chi connectivity index (χ4v) is 4.99. The number of amides is 2. The second-order valence-electron chi connectivity index (χ2n) is 7.60. The Hall–Kier alpha value is -3.93. The van der Waals surface area contributed by atoms with Crippen LogP contribution in [0.4, 0.5) is 0 Å². The maximum Gasteiger partial charge on any atom is 0.352 e. The maximum absolute atomic E-state index is 12.7. The van der Waals surface area contributed by atoms with Gasteiger partial charge in [0.1, 0.15) is 36.1 Å². The van der Waals surface area contributed by atoms with Crippen molar-refractivity contribution in [3.05, 3.63) is 59.2 Å². The number of nitrogens with zero attached hydrogens (tertiary/aromatic N) is 1. The average molecular weight is 503 g/mol.